The number of allylic oxidation sites excluding steroid dienone is 2. The van der Waals surface area contributed by atoms with E-state index in [1.54, 1.807) is 0 Å². The first kappa shape index (κ1) is 24.9. The van der Waals surface area contributed by atoms with Crippen molar-refractivity contribution in [2.24, 2.45) is 28.1 Å². The van der Waals surface area contributed by atoms with Crippen LogP contribution in [-0.4, -0.2) is 54.0 Å². The number of fused-ring (bicyclic) bond motifs is 3. The van der Waals surface area contributed by atoms with Gasteiger partial charge >= 0.3 is 5.97 Å². The van der Waals surface area contributed by atoms with E-state index in [1.165, 1.54) is 38.2 Å². The number of esters is 1. The maximum Gasteiger partial charge on any atom is 0.302 e. The lowest BCUT2D eigenvalue weighted by Crippen LogP contribution is -2.50. The monoisotopic (exact) mass is 462 g/mol. The van der Waals surface area contributed by atoms with E-state index in [1.807, 2.05) is 0 Å². The van der Waals surface area contributed by atoms with Gasteiger partial charge in [-0.05, 0) is 61.2 Å². The van der Waals surface area contributed by atoms with Gasteiger partial charge in [0.05, 0.1) is 6.61 Å². The SMILES string of the molecule is C=C[C@@]1(C)CC[C@@]2(C)[C@@H](CC=C3[C@@H]2CCC[C@]3(C)CO[C@@H]2O[C@H](COC(C)=O)[C@H](O)[C@@H]2O)C1. The Kier molecular flexibility index (Phi) is 6.87. The minimum atomic E-state index is -1.16. The van der Waals surface area contributed by atoms with Crippen LogP contribution in [0.5, 0.6) is 0 Å². The highest BCUT2D eigenvalue weighted by Crippen LogP contribution is 2.63. The zero-order chi connectivity index (χ0) is 24.0. The summed E-state index contributed by atoms with van der Waals surface area (Å²) in [5.41, 5.74) is 1.95. The number of hydrogen-bond acceptors (Lipinski definition) is 6. The molecule has 3 fully saturated rings. The molecule has 0 aromatic rings. The number of hydrogen-bond donors (Lipinski definition) is 2. The molecule has 1 aliphatic heterocycles. The molecule has 186 valence electrons. The minimum absolute atomic E-state index is 0.0959. The molecule has 6 heteroatoms. The van der Waals surface area contributed by atoms with Crippen LogP contribution in [0.25, 0.3) is 0 Å². The van der Waals surface area contributed by atoms with Gasteiger partial charge in [0.1, 0.15) is 24.9 Å². The van der Waals surface area contributed by atoms with E-state index in [4.69, 9.17) is 14.2 Å². The van der Waals surface area contributed by atoms with Crippen molar-refractivity contribution in [3.63, 3.8) is 0 Å². The molecular formula is C27H42O6. The van der Waals surface area contributed by atoms with E-state index in [0.29, 0.717) is 23.9 Å². The summed E-state index contributed by atoms with van der Waals surface area (Å²) in [4.78, 5) is 11.1. The lowest BCUT2D eigenvalue weighted by atomic mass is 9.47. The van der Waals surface area contributed by atoms with Gasteiger partial charge in [-0.1, -0.05) is 44.9 Å². The predicted octanol–water partition coefficient (Wildman–Crippen LogP) is 4.15. The van der Waals surface area contributed by atoms with Crippen LogP contribution >= 0.6 is 0 Å². The molecule has 4 aliphatic rings. The largest absolute Gasteiger partial charge is 0.463 e. The maximum atomic E-state index is 11.1. The van der Waals surface area contributed by atoms with Gasteiger partial charge in [0.25, 0.3) is 0 Å². The van der Waals surface area contributed by atoms with E-state index < -0.39 is 30.6 Å². The van der Waals surface area contributed by atoms with Crippen molar-refractivity contribution in [1.29, 1.82) is 0 Å². The highest BCUT2D eigenvalue weighted by Gasteiger charge is 2.54. The molecule has 2 saturated carbocycles. The molecule has 0 spiro atoms. The van der Waals surface area contributed by atoms with Crippen LogP contribution in [0.1, 0.15) is 72.6 Å². The third-order valence-corrected chi connectivity index (χ3v) is 9.42. The van der Waals surface area contributed by atoms with E-state index >= 15 is 0 Å². The van der Waals surface area contributed by atoms with Gasteiger partial charge in [-0.15, -0.1) is 6.58 Å². The predicted molar refractivity (Wildman–Crippen MR) is 125 cm³/mol. The third-order valence-electron chi connectivity index (χ3n) is 9.42. The average molecular weight is 463 g/mol. The molecule has 0 aromatic heterocycles. The van der Waals surface area contributed by atoms with E-state index in [2.05, 4.69) is 39.5 Å². The molecular weight excluding hydrogens is 420 g/mol. The number of carbonyl (C=O) groups is 1. The highest BCUT2D eigenvalue weighted by molar-refractivity contribution is 5.65. The van der Waals surface area contributed by atoms with Gasteiger partial charge < -0.3 is 24.4 Å². The zero-order valence-electron chi connectivity index (χ0n) is 20.7. The zero-order valence-corrected chi connectivity index (χ0v) is 20.7. The Balaban J connectivity index is 1.45. The summed E-state index contributed by atoms with van der Waals surface area (Å²) in [5.74, 6) is 0.797. The Morgan fingerprint density at radius 1 is 1.24 bits per heavy atom. The number of carbonyl (C=O) groups excluding carboxylic acids is 1. The molecule has 2 N–H and O–H groups in total. The van der Waals surface area contributed by atoms with E-state index in [0.717, 1.165) is 19.3 Å². The fourth-order valence-corrected chi connectivity index (χ4v) is 7.02. The van der Waals surface area contributed by atoms with Crippen molar-refractivity contribution in [2.45, 2.75) is 97.2 Å². The second-order valence-electron chi connectivity index (χ2n) is 11.8. The molecule has 9 atom stereocenters. The van der Waals surface area contributed by atoms with E-state index in [9.17, 15) is 15.0 Å². The second-order valence-corrected chi connectivity index (χ2v) is 11.8. The summed E-state index contributed by atoms with van der Waals surface area (Å²) in [6.45, 7) is 12.9. The molecule has 1 heterocycles. The Hall–Kier alpha value is -1.21. The lowest BCUT2D eigenvalue weighted by Gasteiger charge is -2.58. The summed E-state index contributed by atoms with van der Waals surface area (Å²) in [6.07, 6.45) is 8.82. The number of ether oxygens (including phenoxy) is 3. The van der Waals surface area contributed by atoms with Crippen molar-refractivity contribution in [3.05, 3.63) is 24.3 Å². The smallest absolute Gasteiger partial charge is 0.302 e. The van der Waals surface area contributed by atoms with Crippen LogP contribution in [0.3, 0.4) is 0 Å². The molecule has 0 bridgehead atoms. The fraction of sp³-hybridized carbons (Fsp3) is 0.815. The standard InChI is InChI=1S/C27H42O6/c1-6-25(3)12-13-27(5)18(14-25)9-10-19-20(27)8-7-11-26(19,4)16-32-24-23(30)22(29)21(33-24)15-31-17(2)28/h6,10,18,20-24,29-30H,1,7-9,11-16H2,2-5H3/t18-,20-,21+,22-,23-,24+,25-,26+,27-/m0/s1. The molecule has 33 heavy (non-hydrogen) atoms. The van der Waals surface area contributed by atoms with Gasteiger partial charge in [-0.3, -0.25) is 4.79 Å². The van der Waals surface area contributed by atoms with Crippen LogP contribution < -0.4 is 0 Å². The molecule has 0 unspecified atom stereocenters. The van der Waals surface area contributed by atoms with Crippen LogP contribution in [0.4, 0.5) is 0 Å². The summed E-state index contributed by atoms with van der Waals surface area (Å²) in [5, 5.41) is 20.7. The molecule has 1 saturated heterocycles. The van der Waals surface area contributed by atoms with Gasteiger partial charge in [-0.25, -0.2) is 0 Å². The molecule has 0 amide bonds. The number of aliphatic hydroxyl groups is 2. The summed E-state index contributed by atoms with van der Waals surface area (Å²) >= 11 is 0. The van der Waals surface area contributed by atoms with Crippen LogP contribution in [-0.2, 0) is 19.0 Å². The number of rotatable bonds is 6. The van der Waals surface area contributed by atoms with Crippen molar-refractivity contribution in [3.8, 4) is 0 Å². The lowest BCUT2D eigenvalue weighted by molar-refractivity contribution is -0.187. The molecule has 3 aliphatic carbocycles. The second kappa shape index (κ2) is 9.10. The highest BCUT2D eigenvalue weighted by atomic mass is 16.7. The van der Waals surface area contributed by atoms with Gasteiger partial charge in [0.2, 0.25) is 0 Å². The van der Waals surface area contributed by atoms with Crippen LogP contribution in [0.2, 0.25) is 0 Å². The number of aliphatic hydroxyl groups excluding tert-OH is 2. The van der Waals surface area contributed by atoms with Crippen molar-refractivity contribution < 1.29 is 29.2 Å². The molecule has 0 aromatic carbocycles. The maximum absolute atomic E-state index is 11.1. The van der Waals surface area contributed by atoms with Crippen LogP contribution in [0.15, 0.2) is 24.3 Å². The first-order valence-corrected chi connectivity index (χ1v) is 12.6. The first-order chi connectivity index (χ1) is 15.5. The Morgan fingerprint density at radius 2 is 2.00 bits per heavy atom. The Morgan fingerprint density at radius 3 is 2.70 bits per heavy atom. The van der Waals surface area contributed by atoms with Gasteiger partial charge in [0.15, 0.2) is 6.29 Å². The summed E-state index contributed by atoms with van der Waals surface area (Å²) in [7, 11) is 0. The average Bonchev–Trinajstić information content (AvgIpc) is 3.05. The van der Waals surface area contributed by atoms with Crippen molar-refractivity contribution >= 4 is 5.97 Å². The quantitative estimate of drug-likeness (QED) is 0.456. The van der Waals surface area contributed by atoms with E-state index in [-0.39, 0.29) is 17.4 Å². The normalized spacial score (nSPS) is 47.3. The molecule has 4 rings (SSSR count). The Labute approximate surface area is 198 Å². The summed E-state index contributed by atoms with van der Waals surface area (Å²) < 4.78 is 16.8. The molecule has 0 radical (unpaired) electrons. The van der Waals surface area contributed by atoms with Crippen LogP contribution in [0, 0.1) is 28.1 Å². The summed E-state index contributed by atoms with van der Waals surface area (Å²) in [6, 6.07) is 0. The van der Waals surface area contributed by atoms with Gasteiger partial charge in [0, 0.05) is 12.3 Å². The first-order valence-electron chi connectivity index (χ1n) is 12.6. The van der Waals surface area contributed by atoms with Crippen molar-refractivity contribution in [2.75, 3.05) is 13.2 Å². The third kappa shape index (κ3) is 4.56. The fourth-order valence-electron chi connectivity index (χ4n) is 7.02. The molecule has 6 nitrogen and oxygen atoms in total. The van der Waals surface area contributed by atoms with Gasteiger partial charge in [-0.2, -0.15) is 0 Å². The Bertz CT molecular complexity index is 793. The topological polar surface area (TPSA) is 85.2 Å². The minimum Gasteiger partial charge on any atom is -0.463 e. The van der Waals surface area contributed by atoms with Crippen molar-refractivity contribution in [1.82, 2.24) is 0 Å².